The molecule has 1 heterocycles. The third kappa shape index (κ3) is 4.50. The maximum Gasteiger partial charge on any atom is 0.291 e. The molecule has 0 radical (unpaired) electrons. The molecule has 4 aromatic rings. The number of carbonyl (C=O) groups excluding carboxylic acids is 1. The van der Waals surface area contributed by atoms with Crippen LogP contribution in [0.15, 0.2) is 91.0 Å². The molecule has 0 saturated carbocycles. The van der Waals surface area contributed by atoms with Crippen LogP contribution in [0.2, 0.25) is 0 Å². The maximum absolute atomic E-state index is 12.6. The highest BCUT2D eigenvalue weighted by atomic mass is 16.5. The number of amides is 1. The van der Waals surface area contributed by atoms with E-state index < -0.39 is 0 Å². The van der Waals surface area contributed by atoms with Crippen LogP contribution in [-0.2, 0) is 0 Å². The molecule has 0 saturated heterocycles. The van der Waals surface area contributed by atoms with Crippen molar-refractivity contribution >= 4 is 5.91 Å². The first-order valence-electron chi connectivity index (χ1n) is 9.35. The van der Waals surface area contributed by atoms with E-state index in [1.165, 1.54) is 0 Å². The third-order valence-corrected chi connectivity index (χ3v) is 4.24. The van der Waals surface area contributed by atoms with Crippen molar-refractivity contribution in [1.82, 2.24) is 20.1 Å². The van der Waals surface area contributed by atoms with Gasteiger partial charge in [-0.05, 0) is 24.3 Å². The average Bonchev–Trinajstić information content (AvgIpc) is 3.24. The van der Waals surface area contributed by atoms with E-state index in [4.69, 9.17) is 4.74 Å². The van der Waals surface area contributed by atoms with Crippen molar-refractivity contribution in [1.29, 1.82) is 0 Å². The first-order chi connectivity index (χ1) is 14.3. The Bertz CT molecular complexity index is 1010. The number of para-hydroxylation sites is 2. The molecule has 144 valence electrons. The van der Waals surface area contributed by atoms with Gasteiger partial charge in [-0.25, -0.2) is 9.67 Å². The van der Waals surface area contributed by atoms with Crippen LogP contribution in [0.3, 0.4) is 0 Å². The van der Waals surface area contributed by atoms with Crippen molar-refractivity contribution in [2.24, 2.45) is 0 Å². The van der Waals surface area contributed by atoms with Gasteiger partial charge in [0, 0.05) is 5.56 Å². The normalized spacial score (nSPS) is 10.5. The molecular formula is C23H20N4O2. The predicted octanol–water partition coefficient (Wildman–Crippen LogP) is 3.74. The van der Waals surface area contributed by atoms with E-state index in [1.54, 1.807) is 4.68 Å². The Kier molecular flexibility index (Phi) is 5.62. The van der Waals surface area contributed by atoms with Crippen LogP contribution in [0.1, 0.15) is 10.6 Å². The van der Waals surface area contributed by atoms with Crippen molar-refractivity contribution in [3.05, 3.63) is 96.8 Å². The highest BCUT2D eigenvalue weighted by Gasteiger charge is 2.18. The molecule has 6 heteroatoms. The number of nitrogens with zero attached hydrogens (tertiary/aromatic N) is 3. The Morgan fingerprint density at radius 1 is 0.862 bits per heavy atom. The number of hydrogen-bond donors (Lipinski definition) is 1. The van der Waals surface area contributed by atoms with Gasteiger partial charge in [-0.15, -0.1) is 5.10 Å². The van der Waals surface area contributed by atoms with Crippen molar-refractivity contribution < 1.29 is 9.53 Å². The Morgan fingerprint density at radius 2 is 1.48 bits per heavy atom. The number of rotatable bonds is 7. The number of aromatic nitrogens is 3. The minimum Gasteiger partial charge on any atom is -0.492 e. The molecular weight excluding hydrogens is 364 g/mol. The fraction of sp³-hybridized carbons (Fsp3) is 0.0870. The second-order valence-corrected chi connectivity index (χ2v) is 6.29. The van der Waals surface area contributed by atoms with Gasteiger partial charge >= 0.3 is 0 Å². The molecule has 0 unspecified atom stereocenters. The van der Waals surface area contributed by atoms with Crippen molar-refractivity contribution in [3.63, 3.8) is 0 Å². The van der Waals surface area contributed by atoms with Crippen LogP contribution in [0.25, 0.3) is 17.1 Å². The van der Waals surface area contributed by atoms with Gasteiger partial charge in [0.25, 0.3) is 5.91 Å². The summed E-state index contributed by atoms with van der Waals surface area (Å²) in [7, 11) is 0. The van der Waals surface area contributed by atoms with Gasteiger partial charge in [0.05, 0.1) is 12.2 Å². The Morgan fingerprint density at radius 3 is 2.17 bits per heavy atom. The fourth-order valence-electron chi connectivity index (χ4n) is 2.86. The van der Waals surface area contributed by atoms with Crippen LogP contribution in [0, 0.1) is 0 Å². The molecule has 29 heavy (non-hydrogen) atoms. The number of carbonyl (C=O) groups is 1. The van der Waals surface area contributed by atoms with Crippen LogP contribution < -0.4 is 10.1 Å². The largest absolute Gasteiger partial charge is 0.492 e. The average molecular weight is 384 g/mol. The van der Waals surface area contributed by atoms with Gasteiger partial charge in [0.2, 0.25) is 5.82 Å². The maximum atomic E-state index is 12.6. The summed E-state index contributed by atoms with van der Waals surface area (Å²) in [5.41, 5.74) is 1.72. The third-order valence-electron chi connectivity index (χ3n) is 4.24. The molecule has 1 amide bonds. The smallest absolute Gasteiger partial charge is 0.291 e. The molecule has 0 aliphatic heterocycles. The van der Waals surface area contributed by atoms with E-state index in [0.717, 1.165) is 17.0 Å². The van der Waals surface area contributed by atoms with E-state index in [-0.39, 0.29) is 11.7 Å². The van der Waals surface area contributed by atoms with Gasteiger partial charge in [0.15, 0.2) is 5.82 Å². The van der Waals surface area contributed by atoms with E-state index in [1.807, 2.05) is 91.0 Å². The summed E-state index contributed by atoms with van der Waals surface area (Å²) in [4.78, 5) is 17.1. The summed E-state index contributed by atoms with van der Waals surface area (Å²) in [5, 5.41) is 7.26. The van der Waals surface area contributed by atoms with Crippen molar-refractivity contribution in [3.8, 4) is 22.8 Å². The summed E-state index contributed by atoms with van der Waals surface area (Å²) >= 11 is 0. The molecule has 1 aromatic heterocycles. The zero-order valence-corrected chi connectivity index (χ0v) is 15.7. The highest BCUT2D eigenvalue weighted by Crippen LogP contribution is 2.20. The summed E-state index contributed by atoms with van der Waals surface area (Å²) in [5.74, 6) is 1.16. The Hall–Kier alpha value is -3.93. The first-order valence-corrected chi connectivity index (χ1v) is 9.35. The minimum atomic E-state index is -0.339. The molecule has 4 rings (SSSR count). The van der Waals surface area contributed by atoms with Crippen LogP contribution in [0.4, 0.5) is 0 Å². The molecule has 0 aliphatic rings. The molecule has 0 bridgehead atoms. The number of hydrogen-bond acceptors (Lipinski definition) is 4. The summed E-state index contributed by atoms with van der Waals surface area (Å²) in [6.45, 7) is 0.717. The van der Waals surface area contributed by atoms with Gasteiger partial charge in [-0.3, -0.25) is 4.79 Å². The van der Waals surface area contributed by atoms with Gasteiger partial charge in [-0.1, -0.05) is 66.7 Å². The zero-order valence-electron chi connectivity index (χ0n) is 15.7. The molecule has 0 aliphatic carbocycles. The standard InChI is InChI=1S/C23H20N4O2/c28-23(24-16-17-29-20-14-8-3-9-15-20)21-25-22(18-10-4-1-5-11-18)27(26-21)19-12-6-2-7-13-19/h1-15H,16-17H2,(H,24,28). The Labute approximate surface area is 168 Å². The number of benzene rings is 3. The second-order valence-electron chi connectivity index (χ2n) is 6.29. The lowest BCUT2D eigenvalue weighted by molar-refractivity contribution is 0.0936. The molecule has 0 fully saturated rings. The summed E-state index contributed by atoms with van der Waals surface area (Å²) in [6.07, 6.45) is 0. The predicted molar refractivity (Wildman–Crippen MR) is 111 cm³/mol. The van der Waals surface area contributed by atoms with E-state index in [0.29, 0.717) is 19.0 Å². The van der Waals surface area contributed by atoms with E-state index in [2.05, 4.69) is 15.4 Å². The van der Waals surface area contributed by atoms with Crippen molar-refractivity contribution in [2.45, 2.75) is 0 Å². The Balaban J connectivity index is 1.50. The summed E-state index contributed by atoms with van der Waals surface area (Å²) < 4.78 is 7.28. The fourth-order valence-corrected chi connectivity index (χ4v) is 2.86. The van der Waals surface area contributed by atoms with Gasteiger partial charge in [0.1, 0.15) is 12.4 Å². The minimum absolute atomic E-state index is 0.118. The summed E-state index contributed by atoms with van der Waals surface area (Å²) in [6, 6.07) is 28.8. The van der Waals surface area contributed by atoms with E-state index >= 15 is 0 Å². The quantitative estimate of drug-likeness (QED) is 0.493. The van der Waals surface area contributed by atoms with E-state index in [9.17, 15) is 4.79 Å². The lowest BCUT2D eigenvalue weighted by Gasteiger charge is -2.06. The molecule has 6 nitrogen and oxygen atoms in total. The zero-order chi connectivity index (χ0) is 19.9. The number of ether oxygens (including phenoxy) is 1. The number of nitrogens with one attached hydrogen (secondary N) is 1. The molecule has 1 N–H and O–H groups in total. The lowest BCUT2D eigenvalue weighted by Crippen LogP contribution is -2.29. The monoisotopic (exact) mass is 384 g/mol. The van der Waals surface area contributed by atoms with Crippen LogP contribution in [-0.4, -0.2) is 33.8 Å². The molecule has 3 aromatic carbocycles. The van der Waals surface area contributed by atoms with Crippen molar-refractivity contribution in [2.75, 3.05) is 13.2 Å². The highest BCUT2D eigenvalue weighted by molar-refractivity contribution is 5.91. The topological polar surface area (TPSA) is 69.0 Å². The first kappa shape index (κ1) is 18.4. The second kappa shape index (κ2) is 8.84. The van der Waals surface area contributed by atoms with Crippen LogP contribution in [0.5, 0.6) is 5.75 Å². The van der Waals surface area contributed by atoms with Gasteiger partial charge < -0.3 is 10.1 Å². The molecule has 0 spiro atoms. The van der Waals surface area contributed by atoms with Crippen LogP contribution >= 0.6 is 0 Å². The lowest BCUT2D eigenvalue weighted by atomic mass is 10.2. The van der Waals surface area contributed by atoms with Gasteiger partial charge in [-0.2, -0.15) is 0 Å². The SMILES string of the molecule is O=C(NCCOc1ccccc1)c1nc(-c2ccccc2)n(-c2ccccc2)n1. The molecule has 0 atom stereocenters.